The number of halogens is 2. The molecule has 1 aromatic rings. The molecule has 2 fully saturated rings. The number of carbonyl (C=O) groups excluding carboxylic acids is 1. The number of likely N-dealkylation sites (tertiary alicyclic amines) is 1. The van der Waals surface area contributed by atoms with E-state index in [1.165, 1.54) is 6.07 Å². The van der Waals surface area contributed by atoms with Crippen LogP contribution in [0.3, 0.4) is 0 Å². The highest BCUT2D eigenvalue weighted by Gasteiger charge is 2.54. The molecule has 1 aromatic carbocycles. The number of alkyl halides is 2. The van der Waals surface area contributed by atoms with E-state index in [-0.39, 0.29) is 28.9 Å². The average Bonchev–Trinajstić information content (AvgIpc) is 3.01. The molecule has 1 atom stereocenters. The van der Waals surface area contributed by atoms with Gasteiger partial charge in [-0.3, -0.25) is 0 Å². The van der Waals surface area contributed by atoms with Gasteiger partial charge >= 0.3 is 12.4 Å². The molecule has 0 bridgehead atoms. The molecule has 0 saturated carbocycles. The Morgan fingerprint density at radius 3 is 2.65 bits per heavy atom. The van der Waals surface area contributed by atoms with Crippen LogP contribution in [-0.4, -0.2) is 49.1 Å². The Balaban J connectivity index is 1.48. The van der Waals surface area contributed by atoms with Crippen LogP contribution in [0.1, 0.15) is 32.3 Å². The lowest BCUT2D eigenvalue weighted by molar-refractivity contribution is -0.286. The molecule has 2 saturated heterocycles. The molecule has 0 aromatic heterocycles. The minimum Gasteiger partial charge on any atom is -0.444 e. The summed E-state index contributed by atoms with van der Waals surface area (Å²) in [5.74, 6) is 0.199. The number of ether oxygens (including phenoxy) is 3. The van der Waals surface area contributed by atoms with Crippen molar-refractivity contribution in [2.24, 2.45) is 5.41 Å². The van der Waals surface area contributed by atoms with Gasteiger partial charge in [0.1, 0.15) is 5.60 Å². The third-order valence-corrected chi connectivity index (χ3v) is 5.06. The summed E-state index contributed by atoms with van der Waals surface area (Å²) in [6, 6.07) is 4.92. The van der Waals surface area contributed by atoms with Crippen molar-refractivity contribution in [2.75, 3.05) is 26.2 Å². The third kappa shape index (κ3) is 2.96. The fourth-order valence-corrected chi connectivity index (χ4v) is 3.96. The first-order chi connectivity index (χ1) is 12.1. The van der Waals surface area contributed by atoms with Crippen molar-refractivity contribution >= 4 is 6.09 Å². The van der Waals surface area contributed by atoms with Gasteiger partial charge in [-0.25, -0.2) is 4.79 Å². The van der Waals surface area contributed by atoms with Gasteiger partial charge in [0.25, 0.3) is 0 Å². The molecule has 0 radical (unpaired) electrons. The summed E-state index contributed by atoms with van der Waals surface area (Å²) in [6.07, 6.45) is -3.93. The van der Waals surface area contributed by atoms with Gasteiger partial charge in [-0.05, 0) is 38.5 Å². The summed E-state index contributed by atoms with van der Waals surface area (Å²) < 4.78 is 40.9. The molecular weight excluding hydrogens is 346 g/mol. The molecule has 6 nitrogen and oxygen atoms in total. The van der Waals surface area contributed by atoms with Crippen molar-refractivity contribution in [3.05, 3.63) is 23.8 Å². The average molecular weight is 368 g/mol. The van der Waals surface area contributed by atoms with E-state index in [2.05, 4.69) is 14.8 Å². The Morgan fingerprint density at radius 1 is 1.27 bits per heavy atom. The molecule has 3 aliphatic heterocycles. The number of benzene rings is 1. The normalized spacial score (nSPS) is 25.3. The molecule has 4 rings (SSSR count). The van der Waals surface area contributed by atoms with E-state index in [4.69, 9.17) is 4.74 Å². The molecule has 26 heavy (non-hydrogen) atoms. The van der Waals surface area contributed by atoms with E-state index in [1.807, 2.05) is 20.8 Å². The lowest BCUT2D eigenvalue weighted by atomic mass is 9.69. The van der Waals surface area contributed by atoms with Crippen LogP contribution in [0.5, 0.6) is 11.5 Å². The number of nitrogens with one attached hydrogen (secondary N) is 1. The van der Waals surface area contributed by atoms with E-state index in [9.17, 15) is 13.6 Å². The number of fused-ring (bicyclic) bond motifs is 1. The van der Waals surface area contributed by atoms with Crippen LogP contribution >= 0.6 is 0 Å². The van der Waals surface area contributed by atoms with Gasteiger partial charge in [0.2, 0.25) is 0 Å². The number of rotatable bonds is 1. The molecule has 3 heterocycles. The van der Waals surface area contributed by atoms with Crippen LogP contribution in [0.15, 0.2) is 18.2 Å². The zero-order valence-corrected chi connectivity index (χ0v) is 15.0. The molecule has 1 spiro atoms. The van der Waals surface area contributed by atoms with Crippen LogP contribution in [0, 0.1) is 5.41 Å². The van der Waals surface area contributed by atoms with Crippen molar-refractivity contribution in [1.29, 1.82) is 0 Å². The van der Waals surface area contributed by atoms with Gasteiger partial charge in [-0.1, -0.05) is 6.07 Å². The SMILES string of the molecule is CC(C)(C)OC(=O)N1CC2(CNCC2c2ccc3c(c2)OC(F)(F)O3)C1. The molecule has 0 aliphatic carbocycles. The van der Waals surface area contributed by atoms with Gasteiger partial charge < -0.3 is 24.4 Å². The summed E-state index contributed by atoms with van der Waals surface area (Å²) in [6.45, 7) is 8.14. The second kappa shape index (κ2) is 5.45. The van der Waals surface area contributed by atoms with Crippen LogP contribution in [0.2, 0.25) is 0 Å². The highest BCUT2D eigenvalue weighted by molar-refractivity contribution is 5.69. The van der Waals surface area contributed by atoms with Gasteiger partial charge in [-0.2, -0.15) is 0 Å². The van der Waals surface area contributed by atoms with Gasteiger partial charge in [0.05, 0.1) is 0 Å². The second-order valence-electron chi connectivity index (χ2n) is 8.26. The number of carbonyl (C=O) groups is 1. The quantitative estimate of drug-likeness (QED) is 0.826. The Morgan fingerprint density at radius 2 is 1.96 bits per heavy atom. The standard InChI is InChI=1S/C18H22F2N2O4/c1-16(2,3)26-15(23)22-9-17(10-22)8-21-7-12(17)11-4-5-13-14(6-11)25-18(19,20)24-13/h4-6,12,21H,7-10H2,1-3H3. The summed E-state index contributed by atoms with van der Waals surface area (Å²) in [7, 11) is 0. The lowest BCUT2D eigenvalue weighted by Gasteiger charge is -2.50. The molecular formula is C18H22F2N2O4. The van der Waals surface area contributed by atoms with E-state index in [0.717, 1.165) is 18.7 Å². The zero-order chi connectivity index (χ0) is 18.7. The second-order valence-corrected chi connectivity index (χ2v) is 8.26. The minimum absolute atomic E-state index is 0.0442. The predicted molar refractivity (Wildman–Crippen MR) is 88.5 cm³/mol. The monoisotopic (exact) mass is 368 g/mol. The Bertz CT molecular complexity index is 741. The van der Waals surface area contributed by atoms with Crippen LogP contribution < -0.4 is 14.8 Å². The molecule has 142 valence electrons. The summed E-state index contributed by atoms with van der Waals surface area (Å²) in [5, 5.41) is 3.36. The fourth-order valence-electron chi connectivity index (χ4n) is 3.96. The molecule has 1 unspecified atom stereocenters. The third-order valence-electron chi connectivity index (χ3n) is 5.06. The first-order valence-electron chi connectivity index (χ1n) is 8.65. The molecule has 1 N–H and O–H groups in total. The van der Waals surface area contributed by atoms with E-state index in [1.54, 1.807) is 17.0 Å². The highest BCUT2D eigenvalue weighted by Crippen LogP contribution is 2.49. The van der Waals surface area contributed by atoms with Gasteiger partial charge in [0.15, 0.2) is 11.5 Å². The maximum Gasteiger partial charge on any atom is 0.586 e. The van der Waals surface area contributed by atoms with Crippen LogP contribution in [0.25, 0.3) is 0 Å². The van der Waals surface area contributed by atoms with Crippen LogP contribution in [0.4, 0.5) is 13.6 Å². The van der Waals surface area contributed by atoms with Crippen LogP contribution in [-0.2, 0) is 4.74 Å². The Labute approximate surface area is 150 Å². The number of nitrogens with zero attached hydrogens (tertiary/aromatic N) is 1. The minimum atomic E-state index is -3.61. The summed E-state index contributed by atoms with van der Waals surface area (Å²) in [4.78, 5) is 13.9. The number of hydrogen-bond acceptors (Lipinski definition) is 5. The maximum absolute atomic E-state index is 13.2. The molecule has 1 amide bonds. The van der Waals surface area contributed by atoms with Crippen molar-refractivity contribution in [3.63, 3.8) is 0 Å². The van der Waals surface area contributed by atoms with Gasteiger partial charge in [0, 0.05) is 37.5 Å². The van der Waals surface area contributed by atoms with Crippen molar-refractivity contribution in [1.82, 2.24) is 10.2 Å². The summed E-state index contributed by atoms with van der Waals surface area (Å²) in [5.41, 5.74) is 0.252. The topological polar surface area (TPSA) is 60.0 Å². The van der Waals surface area contributed by atoms with Gasteiger partial charge in [-0.15, -0.1) is 8.78 Å². The first kappa shape index (κ1) is 17.3. The fraction of sp³-hybridized carbons (Fsp3) is 0.611. The first-order valence-corrected chi connectivity index (χ1v) is 8.65. The molecule has 3 aliphatic rings. The Hall–Kier alpha value is -2.09. The number of hydrogen-bond donors (Lipinski definition) is 1. The van der Waals surface area contributed by atoms with E-state index < -0.39 is 11.9 Å². The smallest absolute Gasteiger partial charge is 0.444 e. The highest BCUT2D eigenvalue weighted by atomic mass is 19.3. The predicted octanol–water partition coefficient (Wildman–Crippen LogP) is 2.93. The van der Waals surface area contributed by atoms with Crippen molar-refractivity contribution in [2.45, 2.75) is 38.6 Å². The Kier molecular flexibility index (Phi) is 3.63. The summed E-state index contributed by atoms with van der Waals surface area (Å²) >= 11 is 0. The van der Waals surface area contributed by atoms with Crippen molar-refractivity contribution in [3.8, 4) is 11.5 Å². The van der Waals surface area contributed by atoms with E-state index in [0.29, 0.717) is 13.1 Å². The lowest BCUT2D eigenvalue weighted by Crippen LogP contribution is -2.62. The molecule has 8 heteroatoms. The maximum atomic E-state index is 13.2. The van der Waals surface area contributed by atoms with E-state index >= 15 is 0 Å². The van der Waals surface area contributed by atoms with Crippen molar-refractivity contribution < 1.29 is 27.8 Å². The number of amides is 1. The zero-order valence-electron chi connectivity index (χ0n) is 15.0. The largest absolute Gasteiger partial charge is 0.586 e.